The number of carbonyl (C=O) groups is 1. The van der Waals surface area contributed by atoms with E-state index >= 15 is 0 Å². The van der Waals surface area contributed by atoms with Crippen LogP contribution in [0.1, 0.15) is 29.8 Å². The van der Waals surface area contributed by atoms with Gasteiger partial charge in [-0.25, -0.2) is 0 Å². The summed E-state index contributed by atoms with van der Waals surface area (Å²) >= 11 is 0. The summed E-state index contributed by atoms with van der Waals surface area (Å²) in [5, 5.41) is 13.5. The highest BCUT2D eigenvalue weighted by atomic mass is 16.3. The fourth-order valence-electron chi connectivity index (χ4n) is 2.86. The monoisotopic (exact) mass is 294 g/mol. The van der Waals surface area contributed by atoms with Crippen molar-refractivity contribution in [2.45, 2.75) is 39.8 Å². The zero-order valence-corrected chi connectivity index (χ0v) is 13.3. The topological polar surface area (TPSA) is 61.6 Å². The number of hydrogen-bond donors (Lipinski definition) is 1. The van der Waals surface area contributed by atoms with Crippen molar-refractivity contribution < 1.29 is 9.90 Å². The summed E-state index contributed by atoms with van der Waals surface area (Å²) in [6, 6.07) is 0. The van der Waals surface area contributed by atoms with Crippen molar-refractivity contribution in [3.63, 3.8) is 0 Å². The zero-order chi connectivity index (χ0) is 15.4. The first-order valence-electron chi connectivity index (χ1n) is 7.63. The van der Waals surface area contributed by atoms with E-state index in [4.69, 9.17) is 5.11 Å². The molecule has 0 radical (unpaired) electrons. The Hall–Kier alpha value is -1.40. The van der Waals surface area contributed by atoms with Gasteiger partial charge in [0.15, 0.2) is 0 Å². The van der Waals surface area contributed by atoms with E-state index in [1.165, 1.54) is 5.56 Å². The Kier molecular flexibility index (Phi) is 5.36. The number of rotatable bonds is 7. The van der Waals surface area contributed by atoms with Crippen LogP contribution in [0.15, 0.2) is 0 Å². The summed E-state index contributed by atoms with van der Waals surface area (Å²) in [4.78, 5) is 15.8. The molecule has 6 heteroatoms. The first kappa shape index (κ1) is 16.0. The van der Waals surface area contributed by atoms with Crippen LogP contribution in [0.5, 0.6) is 0 Å². The van der Waals surface area contributed by atoms with E-state index < -0.39 is 0 Å². The summed E-state index contributed by atoms with van der Waals surface area (Å²) < 4.78 is 1.86. The third-order valence-corrected chi connectivity index (χ3v) is 4.19. The predicted octanol–water partition coefficient (Wildman–Crippen LogP) is 0.546. The van der Waals surface area contributed by atoms with Gasteiger partial charge in [-0.1, -0.05) is 0 Å². The Labute approximate surface area is 126 Å². The molecule has 1 saturated heterocycles. The van der Waals surface area contributed by atoms with Crippen LogP contribution in [0, 0.1) is 13.8 Å². The number of aromatic nitrogens is 2. The number of aliphatic hydroxyl groups is 1. The van der Waals surface area contributed by atoms with Crippen LogP contribution in [0.2, 0.25) is 0 Å². The van der Waals surface area contributed by atoms with Gasteiger partial charge >= 0.3 is 0 Å². The van der Waals surface area contributed by atoms with Gasteiger partial charge in [-0.3, -0.25) is 9.48 Å². The molecule has 6 nitrogen and oxygen atoms in total. The van der Waals surface area contributed by atoms with E-state index in [2.05, 4.69) is 17.0 Å². The molecule has 21 heavy (non-hydrogen) atoms. The van der Waals surface area contributed by atoms with Crippen molar-refractivity contribution >= 4 is 5.91 Å². The van der Waals surface area contributed by atoms with Crippen LogP contribution in [-0.2, 0) is 17.9 Å². The minimum absolute atomic E-state index is 0.105. The quantitative estimate of drug-likeness (QED) is 0.797. The summed E-state index contributed by atoms with van der Waals surface area (Å²) in [6.45, 7) is 8.10. The van der Waals surface area contributed by atoms with Gasteiger partial charge in [0.25, 0.3) is 0 Å². The van der Waals surface area contributed by atoms with Gasteiger partial charge in [0.05, 0.1) is 18.8 Å². The number of amides is 1. The molecule has 1 aliphatic rings. The molecule has 0 bridgehead atoms. The second-order valence-corrected chi connectivity index (χ2v) is 5.82. The first-order chi connectivity index (χ1) is 10.0. The van der Waals surface area contributed by atoms with Crippen LogP contribution in [0.4, 0.5) is 0 Å². The van der Waals surface area contributed by atoms with Crippen LogP contribution >= 0.6 is 0 Å². The Morgan fingerprint density at radius 1 is 1.33 bits per heavy atom. The lowest BCUT2D eigenvalue weighted by atomic mass is 10.2. The molecule has 1 aromatic heterocycles. The van der Waals surface area contributed by atoms with Gasteiger partial charge in [0, 0.05) is 43.9 Å². The Morgan fingerprint density at radius 3 is 2.71 bits per heavy atom. The number of likely N-dealkylation sites (tertiary alicyclic amines) is 1. The molecule has 0 spiro atoms. The third kappa shape index (κ3) is 3.83. The molecular formula is C15H26N4O2. The summed E-state index contributed by atoms with van der Waals surface area (Å²) in [7, 11) is 2.07. The molecule has 1 fully saturated rings. The third-order valence-electron chi connectivity index (χ3n) is 4.19. The number of nitrogens with zero attached hydrogens (tertiary/aromatic N) is 4. The molecule has 2 heterocycles. The number of likely N-dealkylation sites (N-methyl/N-ethyl adjacent to an activating group) is 1. The standard InChI is InChI=1S/C15H26N4O2/c1-12-14(13(2)19(16-12)9-10-20)11-17(3)7-8-18-6-4-5-15(18)21/h20H,4-11H2,1-3H3. The predicted molar refractivity (Wildman–Crippen MR) is 80.9 cm³/mol. The van der Waals surface area contributed by atoms with E-state index in [0.29, 0.717) is 13.0 Å². The summed E-state index contributed by atoms with van der Waals surface area (Å²) in [6.07, 6.45) is 1.70. The van der Waals surface area contributed by atoms with Gasteiger partial charge in [0.1, 0.15) is 0 Å². The lowest BCUT2D eigenvalue weighted by Gasteiger charge is -2.21. The average molecular weight is 294 g/mol. The van der Waals surface area contributed by atoms with E-state index in [-0.39, 0.29) is 12.5 Å². The number of aliphatic hydroxyl groups excluding tert-OH is 1. The van der Waals surface area contributed by atoms with Crippen LogP contribution in [0.3, 0.4) is 0 Å². The normalized spacial score (nSPS) is 15.5. The van der Waals surface area contributed by atoms with E-state index in [1.807, 2.05) is 23.4 Å². The molecule has 0 unspecified atom stereocenters. The number of hydrogen-bond acceptors (Lipinski definition) is 4. The van der Waals surface area contributed by atoms with Gasteiger partial charge in [-0.2, -0.15) is 5.10 Å². The lowest BCUT2D eigenvalue weighted by Crippen LogP contribution is -2.33. The van der Waals surface area contributed by atoms with Crippen molar-refractivity contribution in [2.24, 2.45) is 0 Å². The van der Waals surface area contributed by atoms with Gasteiger partial charge in [-0.15, -0.1) is 0 Å². The van der Waals surface area contributed by atoms with Crippen molar-refractivity contribution in [1.29, 1.82) is 0 Å². The van der Waals surface area contributed by atoms with Gasteiger partial charge in [0.2, 0.25) is 5.91 Å². The molecule has 2 rings (SSSR count). The minimum atomic E-state index is 0.105. The highest BCUT2D eigenvalue weighted by Gasteiger charge is 2.20. The molecule has 0 saturated carbocycles. The van der Waals surface area contributed by atoms with Crippen molar-refractivity contribution in [2.75, 3.05) is 33.3 Å². The van der Waals surface area contributed by atoms with Crippen molar-refractivity contribution in [3.05, 3.63) is 17.0 Å². The Morgan fingerprint density at radius 2 is 2.10 bits per heavy atom. The summed E-state index contributed by atoms with van der Waals surface area (Å²) in [5.74, 6) is 0.284. The fourth-order valence-corrected chi connectivity index (χ4v) is 2.86. The van der Waals surface area contributed by atoms with Crippen molar-refractivity contribution in [3.8, 4) is 0 Å². The van der Waals surface area contributed by atoms with Gasteiger partial charge in [-0.05, 0) is 27.3 Å². The highest BCUT2D eigenvalue weighted by Crippen LogP contribution is 2.15. The Balaban J connectivity index is 1.90. The Bertz CT molecular complexity index is 498. The molecule has 0 atom stereocenters. The van der Waals surface area contributed by atoms with Gasteiger partial charge < -0.3 is 14.9 Å². The molecule has 1 N–H and O–H groups in total. The van der Waals surface area contributed by atoms with Crippen LogP contribution in [-0.4, -0.2) is 63.9 Å². The maximum atomic E-state index is 11.6. The minimum Gasteiger partial charge on any atom is -0.394 e. The van der Waals surface area contributed by atoms with Crippen molar-refractivity contribution in [1.82, 2.24) is 19.6 Å². The maximum absolute atomic E-state index is 11.6. The molecular weight excluding hydrogens is 268 g/mol. The summed E-state index contributed by atoms with van der Waals surface area (Å²) in [5.41, 5.74) is 3.36. The lowest BCUT2D eigenvalue weighted by molar-refractivity contribution is -0.127. The molecule has 0 aliphatic carbocycles. The van der Waals surface area contributed by atoms with E-state index in [0.717, 1.165) is 44.0 Å². The average Bonchev–Trinajstić information content (AvgIpc) is 2.96. The number of aryl methyl sites for hydroxylation is 1. The maximum Gasteiger partial charge on any atom is 0.222 e. The fraction of sp³-hybridized carbons (Fsp3) is 0.733. The molecule has 1 aliphatic heterocycles. The number of carbonyl (C=O) groups excluding carboxylic acids is 1. The largest absolute Gasteiger partial charge is 0.394 e. The second-order valence-electron chi connectivity index (χ2n) is 5.82. The highest BCUT2D eigenvalue weighted by molar-refractivity contribution is 5.78. The first-order valence-corrected chi connectivity index (χ1v) is 7.63. The zero-order valence-electron chi connectivity index (χ0n) is 13.3. The molecule has 0 aromatic carbocycles. The SMILES string of the molecule is Cc1nn(CCO)c(C)c1CN(C)CCN1CCCC1=O. The van der Waals surface area contributed by atoms with E-state index in [9.17, 15) is 4.79 Å². The molecule has 118 valence electrons. The van der Waals surface area contributed by atoms with Crippen LogP contribution in [0.25, 0.3) is 0 Å². The molecule has 1 amide bonds. The van der Waals surface area contributed by atoms with Crippen LogP contribution < -0.4 is 0 Å². The van der Waals surface area contributed by atoms with E-state index in [1.54, 1.807) is 0 Å². The second kappa shape index (κ2) is 7.04. The molecule has 1 aromatic rings. The smallest absolute Gasteiger partial charge is 0.222 e.